The number of nitrogens with zero attached hydrogens (tertiary/aromatic N) is 3. The summed E-state index contributed by atoms with van der Waals surface area (Å²) >= 11 is 0. The fraction of sp³-hybridized carbons (Fsp3) is 0.400. The molecule has 0 saturated carbocycles. The van der Waals surface area contributed by atoms with Gasteiger partial charge in [-0.25, -0.2) is 0 Å². The van der Waals surface area contributed by atoms with E-state index in [0.717, 1.165) is 11.1 Å². The molecular weight excluding hydrogens is 270 g/mol. The normalized spacial score (nSPS) is 11.9. The van der Waals surface area contributed by atoms with Crippen molar-refractivity contribution in [2.24, 2.45) is 0 Å². The third-order valence-corrected chi connectivity index (χ3v) is 3.62. The van der Waals surface area contributed by atoms with E-state index >= 15 is 0 Å². The summed E-state index contributed by atoms with van der Waals surface area (Å²) in [6, 6.07) is 7.77. The molecule has 1 aromatic carbocycles. The first kappa shape index (κ1) is 15.2. The molecule has 0 bridgehead atoms. The number of hydrogen-bond acceptors (Lipinski definition) is 5. The molecule has 0 aliphatic heterocycles. The van der Waals surface area contributed by atoms with E-state index in [9.17, 15) is 9.90 Å². The number of carbonyl (C=O) groups is 1. The molecule has 0 unspecified atom stereocenters. The monoisotopic (exact) mass is 289 g/mol. The van der Waals surface area contributed by atoms with Gasteiger partial charge in [-0.15, -0.1) is 10.2 Å². The maximum Gasteiger partial charge on any atom is 0.323 e. The Kier molecular flexibility index (Phi) is 4.09. The van der Waals surface area contributed by atoms with Crippen LogP contribution in [-0.4, -0.2) is 38.8 Å². The predicted molar refractivity (Wildman–Crippen MR) is 77.7 cm³/mol. The molecule has 2 rings (SSSR count). The van der Waals surface area contributed by atoms with Gasteiger partial charge in [-0.1, -0.05) is 17.7 Å². The summed E-state index contributed by atoms with van der Waals surface area (Å²) in [5.41, 5.74) is 0.999. The molecule has 6 nitrogen and oxygen atoms in total. The Labute approximate surface area is 123 Å². The van der Waals surface area contributed by atoms with E-state index in [1.54, 1.807) is 25.8 Å². The zero-order valence-corrected chi connectivity index (χ0v) is 12.6. The zero-order valence-electron chi connectivity index (χ0n) is 12.6. The molecule has 0 amide bonds. The molecule has 0 spiro atoms. The van der Waals surface area contributed by atoms with Crippen molar-refractivity contribution in [2.45, 2.75) is 32.9 Å². The van der Waals surface area contributed by atoms with Crippen molar-refractivity contribution in [2.75, 3.05) is 7.05 Å². The average Bonchev–Trinajstić information content (AvgIpc) is 2.87. The van der Waals surface area contributed by atoms with Crippen LogP contribution in [0.1, 0.15) is 25.3 Å². The minimum Gasteiger partial charge on any atom is -0.480 e. The summed E-state index contributed by atoms with van der Waals surface area (Å²) < 4.78 is 5.60. The predicted octanol–water partition coefficient (Wildman–Crippen LogP) is 2.34. The fourth-order valence-electron chi connectivity index (χ4n) is 1.69. The molecule has 0 saturated heterocycles. The van der Waals surface area contributed by atoms with Crippen molar-refractivity contribution in [1.82, 2.24) is 15.1 Å². The molecule has 6 heteroatoms. The number of carboxylic acid groups (broad SMARTS) is 1. The summed E-state index contributed by atoms with van der Waals surface area (Å²) in [5.74, 6) is -0.0720. The number of aromatic nitrogens is 2. The van der Waals surface area contributed by atoms with Crippen LogP contribution in [0, 0.1) is 6.92 Å². The van der Waals surface area contributed by atoms with Crippen LogP contribution in [0.5, 0.6) is 0 Å². The van der Waals surface area contributed by atoms with Gasteiger partial charge in [0.25, 0.3) is 0 Å². The lowest BCUT2D eigenvalue weighted by atomic mass is 10.0. The van der Waals surface area contributed by atoms with Crippen LogP contribution in [0.3, 0.4) is 0 Å². The first-order chi connectivity index (χ1) is 9.80. The maximum absolute atomic E-state index is 11.2. The number of rotatable bonds is 5. The third-order valence-electron chi connectivity index (χ3n) is 3.62. The van der Waals surface area contributed by atoms with Crippen molar-refractivity contribution in [3.05, 3.63) is 35.7 Å². The minimum atomic E-state index is -1.00. The molecule has 1 N–H and O–H groups in total. The summed E-state index contributed by atoms with van der Waals surface area (Å²) in [6.07, 6.45) is 0. The molecule has 2 aromatic rings. The Balaban J connectivity index is 2.14. The van der Waals surface area contributed by atoms with Gasteiger partial charge in [-0.2, -0.15) is 0 Å². The second-order valence-electron chi connectivity index (χ2n) is 5.59. The molecule has 0 fully saturated rings. The van der Waals surface area contributed by atoms with Gasteiger partial charge >= 0.3 is 5.97 Å². The number of hydrogen-bond donors (Lipinski definition) is 1. The highest BCUT2D eigenvalue weighted by Crippen LogP contribution is 2.20. The highest BCUT2D eigenvalue weighted by molar-refractivity contribution is 5.77. The Morgan fingerprint density at radius 1 is 1.29 bits per heavy atom. The number of aryl methyl sites for hydroxylation is 1. The number of benzene rings is 1. The molecule has 1 aromatic heterocycles. The van der Waals surface area contributed by atoms with Crippen LogP contribution >= 0.6 is 0 Å². The highest BCUT2D eigenvalue weighted by Gasteiger charge is 2.32. The quantitative estimate of drug-likeness (QED) is 0.910. The topological polar surface area (TPSA) is 79.5 Å². The lowest BCUT2D eigenvalue weighted by molar-refractivity contribution is -0.149. The van der Waals surface area contributed by atoms with Crippen LogP contribution in [0.2, 0.25) is 0 Å². The van der Waals surface area contributed by atoms with Crippen molar-refractivity contribution < 1.29 is 14.3 Å². The lowest BCUT2D eigenvalue weighted by Crippen LogP contribution is -2.47. The molecule has 0 aliphatic carbocycles. The molecule has 112 valence electrons. The largest absolute Gasteiger partial charge is 0.480 e. The van der Waals surface area contributed by atoms with Crippen LogP contribution < -0.4 is 0 Å². The van der Waals surface area contributed by atoms with Crippen LogP contribution in [0.25, 0.3) is 11.5 Å². The van der Waals surface area contributed by atoms with Crippen molar-refractivity contribution in [3.63, 3.8) is 0 Å². The van der Waals surface area contributed by atoms with E-state index in [-0.39, 0.29) is 6.54 Å². The molecule has 1 heterocycles. The maximum atomic E-state index is 11.2. The summed E-state index contributed by atoms with van der Waals surface area (Å²) in [6.45, 7) is 5.54. The van der Waals surface area contributed by atoms with E-state index < -0.39 is 11.5 Å². The first-order valence-electron chi connectivity index (χ1n) is 6.65. The highest BCUT2D eigenvalue weighted by atomic mass is 16.4. The third kappa shape index (κ3) is 3.28. The van der Waals surface area contributed by atoms with Gasteiger partial charge in [0.15, 0.2) is 0 Å². The standard InChI is InChI=1S/C15H19N3O3/c1-10-5-7-11(8-6-10)13-17-16-12(21-13)9-18(4)15(2,3)14(19)20/h5-8H,9H2,1-4H3,(H,19,20). The summed E-state index contributed by atoms with van der Waals surface area (Å²) in [5, 5.41) is 17.2. The van der Waals surface area contributed by atoms with Gasteiger partial charge in [0.1, 0.15) is 5.54 Å². The minimum absolute atomic E-state index is 0.276. The fourth-order valence-corrected chi connectivity index (χ4v) is 1.69. The Hall–Kier alpha value is -2.21. The summed E-state index contributed by atoms with van der Waals surface area (Å²) in [7, 11) is 1.71. The van der Waals surface area contributed by atoms with E-state index in [2.05, 4.69) is 10.2 Å². The van der Waals surface area contributed by atoms with Crippen molar-refractivity contribution >= 4 is 5.97 Å². The zero-order chi connectivity index (χ0) is 15.6. The van der Waals surface area contributed by atoms with Crippen LogP contribution in [-0.2, 0) is 11.3 Å². The molecule has 0 radical (unpaired) electrons. The Morgan fingerprint density at radius 3 is 2.48 bits per heavy atom. The van der Waals surface area contributed by atoms with Gasteiger partial charge < -0.3 is 9.52 Å². The van der Waals surface area contributed by atoms with Gasteiger partial charge in [-0.05, 0) is 40.0 Å². The van der Waals surface area contributed by atoms with Gasteiger partial charge in [0.05, 0.1) is 6.54 Å². The smallest absolute Gasteiger partial charge is 0.323 e. The molecule has 21 heavy (non-hydrogen) atoms. The lowest BCUT2D eigenvalue weighted by Gasteiger charge is -2.29. The van der Waals surface area contributed by atoms with E-state index in [4.69, 9.17) is 4.42 Å². The molecule has 0 atom stereocenters. The van der Waals surface area contributed by atoms with Crippen molar-refractivity contribution in [3.8, 4) is 11.5 Å². The second-order valence-corrected chi connectivity index (χ2v) is 5.59. The summed E-state index contributed by atoms with van der Waals surface area (Å²) in [4.78, 5) is 12.9. The SMILES string of the molecule is Cc1ccc(-c2nnc(CN(C)C(C)(C)C(=O)O)o2)cc1. The van der Waals surface area contributed by atoms with Crippen molar-refractivity contribution in [1.29, 1.82) is 0 Å². The van der Waals surface area contributed by atoms with Crippen LogP contribution in [0.15, 0.2) is 28.7 Å². The van der Waals surface area contributed by atoms with Gasteiger partial charge in [0.2, 0.25) is 11.8 Å². The number of aliphatic carboxylic acids is 1. The average molecular weight is 289 g/mol. The Morgan fingerprint density at radius 2 is 1.90 bits per heavy atom. The van der Waals surface area contributed by atoms with Crippen LogP contribution in [0.4, 0.5) is 0 Å². The first-order valence-corrected chi connectivity index (χ1v) is 6.65. The number of carboxylic acids is 1. The van der Waals surface area contributed by atoms with E-state index in [1.807, 2.05) is 31.2 Å². The number of likely N-dealkylation sites (N-methyl/N-ethyl adjacent to an activating group) is 1. The van der Waals surface area contributed by atoms with Gasteiger partial charge in [-0.3, -0.25) is 9.69 Å². The molecular formula is C15H19N3O3. The van der Waals surface area contributed by atoms with E-state index in [1.165, 1.54) is 0 Å². The molecule has 0 aliphatic rings. The second kappa shape index (κ2) is 5.65. The van der Waals surface area contributed by atoms with Gasteiger partial charge in [0, 0.05) is 5.56 Å². The Bertz CT molecular complexity index is 632. The van der Waals surface area contributed by atoms with E-state index in [0.29, 0.717) is 11.8 Å².